The Morgan fingerprint density at radius 3 is 3.60 bits per heavy atom. The van der Waals surface area contributed by atoms with Gasteiger partial charge in [-0.2, -0.15) is 0 Å². The summed E-state index contributed by atoms with van der Waals surface area (Å²) in [6, 6.07) is 3.42. The first-order valence-electron chi connectivity index (χ1n) is 5.59. The molecule has 0 unspecified atom stereocenters. The van der Waals surface area contributed by atoms with Gasteiger partial charge in [-0.25, -0.2) is 0 Å². The Kier molecular flexibility index (Phi) is 0.717. The van der Waals surface area contributed by atoms with Crippen LogP contribution in [-0.4, -0.2) is 5.91 Å². The Balaban J connectivity index is 3.11. The number of anilines is 1. The molecule has 0 atom stereocenters. The molecule has 0 fully saturated rings. The van der Waals surface area contributed by atoms with Crippen LogP contribution in [0.25, 0.3) is 0 Å². The SMILES string of the molecule is [2H]c1cccc(N([2H])C(=O)C([2H])([2H])[2H])c1[2H]. The van der Waals surface area contributed by atoms with Crippen LogP contribution in [0.15, 0.2) is 30.3 Å². The molecule has 0 aliphatic heterocycles. The van der Waals surface area contributed by atoms with Gasteiger partial charge in [0, 0.05) is 16.7 Å². The van der Waals surface area contributed by atoms with Crippen LogP contribution in [0.3, 0.4) is 0 Å². The van der Waals surface area contributed by atoms with Crippen molar-refractivity contribution in [2.24, 2.45) is 0 Å². The first-order valence-corrected chi connectivity index (χ1v) is 2.65. The van der Waals surface area contributed by atoms with Gasteiger partial charge in [0.05, 0.1) is 2.74 Å². The summed E-state index contributed by atoms with van der Waals surface area (Å²) in [6.45, 7) is -2.92. The van der Waals surface area contributed by atoms with Crippen molar-refractivity contribution in [3.05, 3.63) is 30.3 Å². The van der Waals surface area contributed by atoms with Crippen molar-refractivity contribution in [3.8, 4) is 0 Å². The molecular weight excluding hydrogens is 126 g/mol. The third-order valence-corrected chi connectivity index (χ3v) is 0.856. The van der Waals surface area contributed by atoms with Crippen molar-refractivity contribution in [2.45, 2.75) is 6.85 Å². The van der Waals surface area contributed by atoms with E-state index >= 15 is 0 Å². The maximum absolute atomic E-state index is 11.3. The van der Waals surface area contributed by atoms with E-state index in [-0.39, 0.29) is 23.1 Å². The van der Waals surface area contributed by atoms with E-state index in [1.165, 1.54) is 18.2 Å². The molecule has 0 heterocycles. The highest BCUT2D eigenvalue weighted by atomic mass is 16.1. The topological polar surface area (TPSA) is 29.1 Å². The second-order valence-electron chi connectivity index (χ2n) is 1.60. The summed E-state index contributed by atoms with van der Waals surface area (Å²) < 4.78 is 42.6. The summed E-state index contributed by atoms with van der Waals surface area (Å²) in [7, 11) is 0. The molecule has 0 aliphatic rings. The van der Waals surface area contributed by atoms with E-state index in [9.17, 15) is 4.79 Å². The Labute approximate surface area is 68.4 Å². The molecule has 1 aromatic rings. The monoisotopic (exact) mass is 141 g/mol. The molecule has 2 heteroatoms. The average Bonchev–Trinajstić information content (AvgIpc) is 2.18. The first-order chi connectivity index (χ1) is 7.25. The van der Waals surface area contributed by atoms with Crippen molar-refractivity contribution >= 4 is 11.6 Å². The highest BCUT2D eigenvalue weighted by Gasteiger charge is 1.90. The van der Waals surface area contributed by atoms with E-state index in [0.29, 0.717) is 0 Å². The maximum atomic E-state index is 11.3. The lowest BCUT2D eigenvalue weighted by Gasteiger charge is -1.98. The smallest absolute Gasteiger partial charge is 0.221 e. The molecule has 1 N–H and O–H groups in total. The van der Waals surface area contributed by atoms with Gasteiger partial charge in [0.2, 0.25) is 5.91 Å². The van der Waals surface area contributed by atoms with Crippen molar-refractivity contribution in [2.75, 3.05) is 5.31 Å². The Hall–Kier alpha value is -1.31. The third kappa shape index (κ3) is 1.90. The first kappa shape index (κ1) is 2.38. The summed E-state index contributed by atoms with van der Waals surface area (Å²) in [6.07, 6.45) is 0. The number of hydrogen-bond acceptors (Lipinski definition) is 1. The van der Waals surface area contributed by atoms with Crippen molar-refractivity contribution < 1.29 is 13.1 Å². The van der Waals surface area contributed by atoms with Gasteiger partial charge in [-0.3, -0.25) is 4.79 Å². The minimum absolute atomic E-state index is 0.132. The predicted molar refractivity (Wildman–Crippen MR) is 40.7 cm³/mol. The minimum Gasteiger partial charge on any atom is -0.326 e. The van der Waals surface area contributed by atoms with Crippen LogP contribution >= 0.6 is 0 Å². The van der Waals surface area contributed by atoms with Gasteiger partial charge in [-0.05, 0) is 12.1 Å². The highest BCUT2D eigenvalue weighted by Crippen LogP contribution is 2.03. The van der Waals surface area contributed by atoms with Crippen molar-refractivity contribution in [1.29, 1.82) is 0 Å². The van der Waals surface area contributed by atoms with E-state index in [2.05, 4.69) is 0 Å². The van der Waals surface area contributed by atoms with Crippen LogP contribution in [0.4, 0.5) is 5.69 Å². The molecule has 0 radical (unpaired) electrons. The molecule has 0 spiro atoms. The quantitative estimate of drug-likeness (QED) is 0.633. The second kappa shape index (κ2) is 3.01. The van der Waals surface area contributed by atoms with Gasteiger partial charge in [0.25, 0.3) is 0 Å². The Bertz CT molecular complexity index is 415. The van der Waals surface area contributed by atoms with Crippen LogP contribution in [-0.2, 0) is 4.79 Å². The molecule has 52 valence electrons. The zero-order valence-electron chi connectivity index (χ0n) is 11.1. The maximum Gasteiger partial charge on any atom is 0.221 e. The molecule has 0 saturated carbocycles. The lowest BCUT2D eigenvalue weighted by molar-refractivity contribution is -0.114. The van der Waals surface area contributed by atoms with Crippen LogP contribution < -0.4 is 5.31 Å². The van der Waals surface area contributed by atoms with Crippen LogP contribution in [0.1, 0.15) is 13.7 Å². The summed E-state index contributed by atoms with van der Waals surface area (Å²) in [5.41, 5.74) is -0.214. The molecule has 0 aliphatic carbocycles. The summed E-state index contributed by atoms with van der Waals surface area (Å²) in [5.74, 6) is -1.40. The number of rotatable bonds is 1. The minimum atomic E-state index is -2.92. The predicted octanol–water partition coefficient (Wildman–Crippen LogP) is 1.65. The Morgan fingerprint density at radius 1 is 1.90 bits per heavy atom. The normalized spacial score (nSPS) is 18.8. The lowest BCUT2D eigenvalue weighted by atomic mass is 10.3. The summed E-state index contributed by atoms with van der Waals surface area (Å²) in [5, 5.41) is 0.132. The van der Waals surface area contributed by atoms with E-state index in [1.54, 1.807) is 0 Å². The number of hydrogen-bond donors (Lipinski definition) is 1. The van der Waals surface area contributed by atoms with Crippen molar-refractivity contribution in [3.63, 3.8) is 0 Å². The molecule has 1 amide bonds. The van der Waals surface area contributed by atoms with Gasteiger partial charge in [-0.1, -0.05) is 18.2 Å². The zero-order chi connectivity index (χ0) is 12.5. The fourth-order valence-electron chi connectivity index (χ4n) is 0.519. The standard InChI is InChI=1S/C8H9NO/c1-7(10)9-8-5-3-2-4-6-8/h2-6H,1H3,(H,9,10)/i1D3,3D,5D/hD. The fourth-order valence-corrected chi connectivity index (χ4v) is 0.519. The molecule has 0 aromatic heterocycles. The number of para-hydroxylation sites is 1. The van der Waals surface area contributed by atoms with Gasteiger partial charge in [0.15, 0.2) is 1.41 Å². The van der Waals surface area contributed by atoms with Crippen molar-refractivity contribution in [1.82, 2.24) is 0 Å². The van der Waals surface area contributed by atoms with Gasteiger partial charge in [0.1, 0.15) is 0 Å². The number of carbonyl (C=O) groups excluding carboxylic acids is 1. The Morgan fingerprint density at radius 2 is 2.80 bits per heavy atom. The number of amides is 1. The largest absolute Gasteiger partial charge is 0.326 e. The molecule has 10 heavy (non-hydrogen) atoms. The van der Waals surface area contributed by atoms with E-state index < -0.39 is 12.8 Å². The number of carbonyl (C=O) groups is 1. The summed E-state index contributed by atoms with van der Waals surface area (Å²) >= 11 is 0. The van der Waals surface area contributed by atoms with Gasteiger partial charge in [-0.15, -0.1) is 0 Å². The van der Waals surface area contributed by atoms with Crippen LogP contribution in [0.2, 0.25) is 1.41 Å². The second-order valence-corrected chi connectivity index (χ2v) is 1.60. The molecule has 0 saturated heterocycles. The van der Waals surface area contributed by atoms with Gasteiger partial charge < -0.3 is 5.31 Å². The zero-order valence-corrected chi connectivity index (χ0v) is 5.09. The summed E-state index contributed by atoms with van der Waals surface area (Å²) in [4.78, 5) is 11.3. The number of benzene rings is 1. The molecule has 1 aromatic carbocycles. The molecule has 2 nitrogen and oxygen atoms in total. The highest BCUT2D eigenvalue weighted by molar-refractivity contribution is 5.88. The molecule has 0 bridgehead atoms. The van der Waals surface area contributed by atoms with E-state index in [4.69, 9.17) is 8.27 Å². The lowest BCUT2D eigenvalue weighted by Crippen LogP contribution is -2.04. The van der Waals surface area contributed by atoms with Crippen LogP contribution in [0, 0.1) is 0 Å². The van der Waals surface area contributed by atoms with Gasteiger partial charge >= 0.3 is 0 Å². The fraction of sp³-hybridized carbons (Fsp3) is 0.125. The molecule has 1 rings (SSSR count). The van der Waals surface area contributed by atoms with E-state index in [1.807, 2.05) is 0 Å². The van der Waals surface area contributed by atoms with Crippen LogP contribution in [0.5, 0.6) is 0 Å². The number of nitrogens with one attached hydrogen (secondary N) is 1. The average molecular weight is 141 g/mol. The molecular formula is C8H9NO. The third-order valence-electron chi connectivity index (χ3n) is 0.856. The van der Waals surface area contributed by atoms with E-state index in [0.717, 1.165) is 0 Å².